The molecule has 33 heavy (non-hydrogen) atoms. The zero-order valence-electron chi connectivity index (χ0n) is 20.1. The van der Waals surface area contributed by atoms with E-state index in [1.807, 2.05) is 0 Å². The Labute approximate surface area is 202 Å². The molecular formula is C27H37ClFN3O. The Morgan fingerprint density at radius 2 is 1.82 bits per heavy atom. The Morgan fingerprint density at radius 3 is 2.61 bits per heavy atom. The maximum atomic E-state index is 14.3. The van der Waals surface area contributed by atoms with Gasteiger partial charge in [-0.3, -0.25) is 10.2 Å². The van der Waals surface area contributed by atoms with E-state index in [0.29, 0.717) is 11.3 Å². The zero-order valence-corrected chi connectivity index (χ0v) is 20.9. The number of hydrogen-bond donors (Lipinski definition) is 2. The summed E-state index contributed by atoms with van der Waals surface area (Å²) in [7, 11) is 0. The van der Waals surface area contributed by atoms with E-state index in [9.17, 15) is 9.18 Å². The van der Waals surface area contributed by atoms with E-state index in [2.05, 4.69) is 31.3 Å². The predicted octanol–water partition coefficient (Wildman–Crippen LogP) is 6.76. The highest BCUT2D eigenvalue weighted by Crippen LogP contribution is 2.67. The van der Waals surface area contributed by atoms with Gasteiger partial charge in [0, 0.05) is 5.92 Å². The number of fused-ring (bicyclic) bond motifs is 5. The van der Waals surface area contributed by atoms with Crippen LogP contribution in [0.25, 0.3) is 0 Å². The lowest BCUT2D eigenvalue weighted by atomic mass is 9.44. The molecule has 2 N–H and O–H groups in total. The van der Waals surface area contributed by atoms with E-state index in [1.165, 1.54) is 50.7 Å². The van der Waals surface area contributed by atoms with Crippen LogP contribution in [0.5, 0.6) is 0 Å². The molecule has 0 bridgehead atoms. The maximum Gasteiger partial charge on any atom is 0.243 e. The summed E-state index contributed by atoms with van der Waals surface area (Å²) in [5.41, 5.74) is 2.77. The number of amides is 1. The summed E-state index contributed by atoms with van der Waals surface area (Å²) >= 11 is 5.84. The number of hydrazone groups is 1. The van der Waals surface area contributed by atoms with Gasteiger partial charge in [-0.15, -0.1) is 0 Å². The minimum absolute atomic E-state index is 0.0252. The van der Waals surface area contributed by atoms with E-state index in [4.69, 9.17) is 17.0 Å². The van der Waals surface area contributed by atoms with Gasteiger partial charge in [0.05, 0.1) is 10.7 Å². The number of allylic oxidation sites excluding steroid dienone is 4. The molecule has 0 saturated heterocycles. The molecule has 5 aliphatic rings. The Kier molecular flexibility index (Phi) is 5.86. The summed E-state index contributed by atoms with van der Waals surface area (Å²) in [6.07, 6.45) is 13.8. The fourth-order valence-corrected chi connectivity index (χ4v) is 8.89. The molecule has 4 nitrogen and oxygen atoms in total. The van der Waals surface area contributed by atoms with Crippen molar-refractivity contribution in [1.82, 2.24) is 5.43 Å². The molecular weight excluding hydrogens is 437 g/mol. The van der Waals surface area contributed by atoms with Crippen molar-refractivity contribution in [3.05, 3.63) is 23.0 Å². The number of carbonyl (C=O) groups is 1. The number of hydrogen-bond acceptors (Lipinski definition) is 3. The van der Waals surface area contributed by atoms with Crippen molar-refractivity contribution in [3.63, 3.8) is 0 Å². The second kappa shape index (κ2) is 8.32. The number of carbonyl (C=O) groups excluding carboxylic acids is 1. The van der Waals surface area contributed by atoms with Gasteiger partial charge in [0.2, 0.25) is 5.91 Å². The zero-order chi connectivity index (χ0) is 23.5. The molecule has 5 rings (SSSR count). The summed E-state index contributed by atoms with van der Waals surface area (Å²) < 4.78 is 14.3. The average Bonchev–Trinajstić information content (AvgIpc) is 3.14. The van der Waals surface area contributed by atoms with Crippen LogP contribution < -0.4 is 5.43 Å². The van der Waals surface area contributed by atoms with Gasteiger partial charge in [0.15, 0.2) is 5.83 Å². The summed E-state index contributed by atoms with van der Waals surface area (Å²) in [5, 5.41) is 11.8. The highest BCUT2D eigenvalue weighted by atomic mass is 35.5. The Balaban J connectivity index is 1.32. The molecule has 6 heteroatoms. The topological polar surface area (TPSA) is 65.3 Å². The quantitative estimate of drug-likeness (QED) is 0.337. The number of nitrogens with one attached hydrogen (secondary N) is 2. The first-order valence-electron chi connectivity index (χ1n) is 12.9. The fourth-order valence-electron chi connectivity index (χ4n) is 8.74. The van der Waals surface area contributed by atoms with Crippen LogP contribution in [0.2, 0.25) is 0 Å². The van der Waals surface area contributed by atoms with E-state index in [1.54, 1.807) is 0 Å². The van der Waals surface area contributed by atoms with Gasteiger partial charge in [-0.05, 0) is 104 Å². The van der Waals surface area contributed by atoms with Crippen molar-refractivity contribution in [2.75, 3.05) is 0 Å². The van der Waals surface area contributed by atoms with Gasteiger partial charge >= 0.3 is 0 Å². The van der Waals surface area contributed by atoms with Crippen molar-refractivity contribution >= 4 is 28.9 Å². The van der Waals surface area contributed by atoms with E-state index >= 15 is 0 Å². The van der Waals surface area contributed by atoms with Crippen LogP contribution in [0.4, 0.5) is 4.39 Å². The summed E-state index contributed by atoms with van der Waals surface area (Å²) in [6, 6.07) is 0. The Hall–Kier alpha value is -1.49. The lowest BCUT2D eigenvalue weighted by molar-refractivity contribution is -0.138. The lowest BCUT2D eigenvalue weighted by Gasteiger charge is -2.61. The van der Waals surface area contributed by atoms with Gasteiger partial charge in [0.25, 0.3) is 0 Å². The molecule has 1 amide bonds. The molecule has 8 atom stereocenters. The number of rotatable bonds is 2. The smallest absolute Gasteiger partial charge is 0.243 e. The highest BCUT2D eigenvalue weighted by Gasteiger charge is 2.61. The third-order valence-corrected chi connectivity index (χ3v) is 10.9. The predicted molar refractivity (Wildman–Crippen MR) is 131 cm³/mol. The lowest BCUT2D eigenvalue weighted by Crippen LogP contribution is -2.54. The monoisotopic (exact) mass is 473 g/mol. The Bertz CT molecular complexity index is 957. The number of halogens is 2. The Morgan fingerprint density at radius 1 is 1.09 bits per heavy atom. The van der Waals surface area contributed by atoms with Crippen molar-refractivity contribution in [2.24, 2.45) is 51.4 Å². The molecule has 0 radical (unpaired) electrons. The average molecular weight is 474 g/mol. The molecule has 180 valence electrons. The highest BCUT2D eigenvalue weighted by molar-refractivity contribution is 6.54. The van der Waals surface area contributed by atoms with Crippen LogP contribution in [0.15, 0.2) is 28.1 Å². The first-order chi connectivity index (χ1) is 15.6. The fraction of sp³-hybridized carbons (Fsp3) is 0.741. The second-order valence-electron chi connectivity index (χ2n) is 12.1. The molecule has 0 aromatic carbocycles. The van der Waals surface area contributed by atoms with E-state index in [0.717, 1.165) is 42.9 Å². The van der Waals surface area contributed by atoms with Crippen LogP contribution >= 0.6 is 11.6 Å². The van der Waals surface area contributed by atoms with Gasteiger partial charge in [0.1, 0.15) is 5.71 Å². The van der Waals surface area contributed by atoms with Crippen LogP contribution in [0, 0.1) is 51.7 Å². The molecule has 0 aromatic heterocycles. The SMILES string of the molecule is C[C@H]1CC[C@@]2(C)C(CC[C@@H]3C2CC[C@@]2(C)C3CC[C@@H]2C(=O)N/N=C2\C(=N)C=CC(Cl)=C2F)C1. The van der Waals surface area contributed by atoms with Gasteiger partial charge in [-0.1, -0.05) is 38.8 Å². The van der Waals surface area contributed by atoms with Crippen LogP contribution in [-0.2, 0) is 4.79 Å². The minimum atomic E-state index is -0.757. The molecule has 0 spiro atoms. The minimum Gasteiger partial charge on any atom is -0.298 e. The first kappa shape index (κ1) is 23.3. The van der Waals surface area contributed by atoms with E-state index < -0.39 is 5.83 Å². The van der Waals surface area contributed by atoms with Crippen LogP contribution in [0.3, 0.4) is 0 Å². The molecule has 5 aliphatic carbocycles. The number of nitrogens with zero attached hydrogens (tertiary/aromatic N) is 1. The first-order valence-corrected chi connectivity index (χ1v) is 13.2. The van der Waals surface area contributed by atoms with Crippen molar-refractivity contribution in [3.8, 4) is 0 Å². The van der Waals surface area contributed by atoms with Crippen molar-refractivity contribution in [1.29, 1.82) is 5.41 Å². The normalized spacial score (nSPS) is 46.1. The third-order valence-electron chi connectivity index (χ3n) is 10.6. The maximum absolute atomic E-state index is 14.3. The third kappa shape index (κ3) is 3.64. The molecule has 0 heterocycles. The standard InChI is InChI=1S/C27H37ClFN3O/c1-15-10-12-26(2)16(14-15)4-5-17-18-6-7-20(27(18,3)13-11-19(17)26)25(33)32-31-24-22(30)9-8-21(28)23(24)29/h8-9,15-20,30H,4-7,10-14H2,1-3H3,(H,32,33)/b30-22?,31-24+/t15-,16?,17-,18?,19?,20+,26-,27-/m0/s1. The molecule has 0 aromatic rings. The van der Waals surface area contributed by atoms with Gasteiger partial charge in [-0.25, -0.2) is 9.82 Å². The van der Waals surface area contributed by atoms with Gasteiger partial charge in [-0.2, -0.15) is 5.10 Å². The summed E-state index contributed by atoms with van der Waals surface area (Å²) in [5.74, 6) is 2.83. The van der Waals surface area contributed by atoms with Crippen molar-refractivity contribution < 1.29 is 9.18 Å². The summed E-state index contributed by atoms with van der Waals surface area (Å²) in [6.45, 7) is 7.32. The van der Waals surface area contributed by atoms with Gasteiger partial charge < -0.3 is 0 Å². The molecule has 3 unspecified atom stereocenters. The molecule has 0 aliphatic heterocycles. The van der Waals surface area contributed by atoms with Crippen molar-refractivity contribution in [2.45, 2.75) is 78.6 Å². The second-order valence-corrected chi connectivity index (χ2v) is 12.5. The molecule has 4 fully saturated rings. The van der Waals surface area contributed by atoms with Crippen LogP contribution in [-0.4, -0.2) is 17.3 Å². The van der Waals surface area contributed by atoms with Crippen LogP contribution in [0.1, 0.15) is 78.6 Å². The van der Waals surface area contributed by atoms with E-state index in [-0.39, 0.29) is 33.7 Å². The molecule has 4 saturated carbocycles. The summed E-state index contributed by atoms with van der Waals surface area (Å²) in [4.78, 5) is 13.3. The largest absolute Gasteiger partial charge is 0.298 e.